The summed E-state index contributed by atoms with van der Waals surface area (Å²) in [5.41, 5.74) is 4.25. The van der Waals surface area contributed by atoms with E-state index in [0.29, 0.717) is 11.3 Å². The van der Waals surface area contributed by atoms with Gasteiger partial charge in [-0.1, -0.05) is 23.8 Å². The van der Waals surface area contributed by atoms with E-state index in [1.54, 1.807) is 16.9 Å². The first-order valence-corrected chi connectivity index (χ1v) is 6.24. The summed E-state index contributed by atoms with van der Waals surface area (Å²) in [5.74, 6) is -0.889. The Kier molecular flexibility index (Phi) is 2.95. The van der Waals surface area contributed by atoms with Crippen molar-refractivity contribution in [3.8, 4) is 11.3 Å². The third kappa shape index (κ3) is 2.38. The van der Waals surface area contributed by atoms with Crippen LogP contribution in [0.15, 0.2) is 42.9 Å². The maximum Gasteiger partial charge on any atom is 0.309 e. The van der Waals surface area contributed by atoms with E-state index in [1.807, 2.05) is 31.2 Å². The smallest absolute Gasteiger partial charge is 0.309 e. The highest BCUT2D eigenvalue weighted by Gasteiger charge is 2.08. The number of carboxylic acid groups (broad SMARTS) is 1. The molecule has 0 aliphatic heterocycles. The van der Waals surface area contributed by atoms with Gasteiger partial charge in [0.15, 0.2) is 0 Å². The summed E-state index contributed by atoms with van der Waals surface area (Å²) in [5, 5.41) is 8.79. The van der Waals surface area contributed by atoms with Gasteiger partial charge < -0.3 is 5.11 Å². The zero-order valence-electron chi connectivity index (χ0n) is 10.9. The lowest BCUT2D eigenvalue weighted by Gasteiger charge is -2.02. The predicted molar refractivity (Wildman–Crippen MR) is 74.5 cm³/mol. The lowest BCUT2D eigenvalue weighted by atomic mass is 10.1. The molecule has 1 aromatic carbocycles. The van der Waals surface area contributed by atoms with E-state index in [0.717, 1.165) is 11.3 Å². The first-order chi connectivity index (χ1) is 9.61. The number of hydrogen-bond acceptors (Lipinski definition) is 3. The molecule has 5 heteroatoms. The number of aryl methyl sites for hydroxylation is 1. The Hall–Kier alpha value is -2.69. The molecule has 0 saturated carbocycles. The quantitative estimate of drug-likeness (QED) is 0.790. The summed E-state index contributed by atoms with van der Waals surface area (Å²) in [6.45, 7) is 2.03. The van der Waals surface area contributed by atoms with Crippen LogP contribution in [0.4, 0.5) is 0 Å². The van der Waals surface area contributed by atoms with Gasteiger partial charge in [-0.2, -0.15) is 0 Å². The third-order valence-electron chi connectivity index (χ3n) is 3.04. The van der Waals surface area contributed by atoms with E-state index in [4.69, 9.17) is 5.11 Å². The van der Waals surface area contributed by atoms with E-state index in [2.05, 4.69) is 16.0 Å². The number of aromatic nitrogens is 3. The lowest BCUT2D eigenvalue weighted by molar-refractivity contribution is -0.136. The van der Waals surface area contributed by atoms with Crippen molar-refractivity contribution in [3.63, 3.8) is 0 Å². The SMILES string of the molecule is Cc1cccc(-c2cc3nc(CC(=O)O)cn3cn2)c1. The lowest BCUT2D eigenvalue weighted by Crippen LogP contribution is -1.99. The van der Waals surface area contributed by atoms with Gasteiger partial charge in [0.25, 0.3) is 0 Å². The zero-order chi connectivity index (χ0) is 14.1. The van der Waals surface area contributed by atoms with Gasteiger partial charge in [-0.3, -0.25) is 9.20 Å². The second-order valence-corrected chi connectivity index (χ2v) is 4.71. The Morgan fingerprint density at radius 1 is 1.35 bits per heavy atom. The molecule has 3 rings (SSSR count). The van der Waals surface area contributed by atoms with Gasteiger partial charge in [0.2, 0.25) is 0 Å². The normalized spacial score (nSPS) is 10.8. The minimum absolute atomic E-state index is 0.0819. The molecule has 5 nitrogen and oxygen atoms in total. The molecule has 3 aromatic rings. The Morgan fingerprint density at radius 2 is 2.20 bits per heavy atom. The molecule has 0 amide bonds. The van der Waals surface area contributed by atoms with Gasteiger partial charge in [0, 0.05) is 17.8 Å². The third-order valence-corrected chi connectivity index (χ3v) is 3.04. The maximum absolute atomic E-state index is 10.7. The first-order valence-electron chi connectivity index (χ1n) is 6.24. The predicted octanol–water partition coefficient (Wildman–Crippen LogP) is 2.33. The molecule has 0 atom stereocenters. The van der Waals surface area contributed by atoms with Crippen molar-refractivity contribution in [1.29, 1.82) is 0 Å². The molecular weight excluding hydrogens is 254 g/mol. The monoisotopic (exact) mass is 267 g/mol. The summed E-state index contributed by atoms with van der Waals surface area (Å²) in [6.07, 6.45) is 3.27. The number of carbonyl (C=O) groups is 1. The number of carboxylic acids is 1. The summed E-state index contributed by atoms with van der Waals surface area (Å²) in [4.78, 5) is 19.4. The minimum Gasteiger partial charge on any atom is -0.481 e. The fourth-order valence-corrected chi connectivity index (χ4v) is 2.15. The standard InChI is InChI=1S/C15H13N3O2/c1-10-3-2-4-11(5-10)13-7-14-17-12(6-15(19)20)8-18(14)9-16-13/h2-5,7-9H,6H2,1H3,(H,19,20). The second kappa shape index (κ2) is 4.77. The van der Waals surface area contributed by atoms with E-state index < -0.39 is 5.97 Å². The molecule has 100 valence electrons. The highest BCUT2D eigenvalue weighted by molar-refractivity contribution is 5.70. The molecule has 0 radical (unpaired) electrons. The topological polar surface area (TPSA) is 67.5 Å². The number of benzene rings is 1. The summed E-state index contributed by atoms with van der Waals surface area (Å²) in [6, 6.07) is 9.92. The van der Waals surface area contributed by atoms with Crippen LogP contribution >= 0.6 is 0 Å². The van der Waals surface area contributed by atoms with Gasteiger partial charge in [0.05, 0.1) is 17.8 Å². The minimum atomic E-state index is -0.889. The maximum atomic E-state index is 10.7. The van der Waals surface area contributed by atoms with Crippen LogP contribution in [0.2, 0.25) is 0 Å². The Labute approximate surface area is 115 Å². The van der Waals surface area contributed by atoms with Crippen molar-refractivity contribution in [2.45, 2.75) is 13.3 Å². The van der Waals surface area contributed by atoms with Crippen molar-refractivity contribution in [1.82, 2.24) is 14.4 Å². The Bertz CT molecular complexity index is 793. The zero-order valence-corrected chi connectivity index (χ0v) is 10.9. The van der Waals surface area contributed by atoms with Crippen molar-refractivity contribution < 1.29 is 9.90 Å². The highest BCUT2D eigenvalue weighted by Crippen LogP contribution is 2.19. The van der Waals surface area contributed by atoms with Gasteiger partial charge in [0.1, 0.15) is 12.0 Å². The largest absolute Gasteiger partial charge is 0.481 e. The van der Waals surface area contributed by atoms with Crippen LogP contribution in [-0.4, -0.2) is 25.4 Å². The highest BCUT2D eigenvalue weighted by atomic mass is 16.4. The van der Waals surface area contributed by atoms with E-state index in [-0.39, 0.29) is 6.42 Å². The molecule has 2 heterocycles. The average molecular weight is 267 g/mol. The second-order valence-electron chi connectivity index (χ2n) is 4.71. The van der Waals surface area contributed by atoms with E-state index >= 15 is 0 Å². The first kappa shape index (κ1) is 12.3. The Balaban J connectivity index is 2.04. The molecule has 0 unspecified atom stereocenters. The number of fused-ring (bicyclic) bond motifs is 1. The number of imidazole rings is 1. The number of nitrogens with zero attached hydrogens (tertiary/aromatic N) is 3. The molecule has 20 heavy (non-hydrogen) atoms. The van der Waals surface area contributed by atoms with Crippen molar-refractivity contribution >= 4 is 11.6 Å². The van der Waals surface area contributed by atoms with Crippen LogP contribution in [0.3, 0.4) is 0 Å². The molecule has 2 aromatic heterocycles. The van der Waals surface area contributed by atoms with Gasteiger partial charge in [-0.05, 0) is 13.0 Å². The van der Waals surface area contributed by atoms with Crippen molar-refractivity contribution in [3.05, 3.63) is 54.1 Å². The summed E-state index contributed by atoms with van der Waals surface area (Å²) >= 11 is 0. The number of rotatable bonds is 3. The van der Waals surface area contributed by atoms with Crippen LogP contribution in [0.1, 0.15) is 11.3 Å². The van der Waals surface area contributed by atoms with Crippen LogP contribution in [-0.2, 0) is 11.2 Å². The van der Waals surface area contributed by atoms with Crippen LogP contribution in [0, 0.1) is 6.92 Å². The fraction of sp³-hybridized carbons (Fsp3) is 0.133. The van der Waals surface area contributed by atoms with Crippen molar-refractivity contribution in [2.75, 3.05) is 0 Å². The van der Waals surface area contributed by atoms with E-state index in [9.17, 15) is 4.79 Å². The van der Waals surface area contributed by atoms with Crippen LogP contribution in [0.25, 0.3) is 16.9 Å². The van der Waals surface area contributed by atoms with E-state index in [1.165, 1.54) is 5.56 Å². The van der Waals surface area contributed by atoms with Gasteiger partial charge >= 0.3 is 5.97 Å². The molecule has 0 fully saturated rings. The number of hydrogen-bond donors (Lipinski definition) is 1. The number of aliphatic carboxylic acids is 1. The molecular formula is C15H13N3O2. The Morgan fingerprint density at radius 3 is 2.95 bits per heavy atom. The van der Waals surface area contributed by atoms with Gasteiger partial charge in [-0.25, -0.2) is 9.97 Å². The van der Waals surface area contributed by atoms with Crippen molar-refractivity contribution in [2.24, 2.45) is 0 Å². The molecule has 0 aliphatic carbocycles. The molecule has 0 spiro atoms. The molecule has 0 aliphatic rings. The van der Waals surface area contributed by atoms with Gasteiger partial charge in [-0.15, -0.1) is 0 Å². The van der Waals surface area contributed by atoms with Crippen LogP contribution < -0.4 is 0 Å². The molecule has 1 N–H and O–H groups in total. The molecule has 0 bridgehead atoms. The average Bonchev–Trinajstić information content (AvgIpc) is 2.78. The summed E-state index contributed by atoms with van der Waals surface area (Å²) in [7, 11) is 0. The summed E-state index contributed by atoms with van der Waals surface area (Å²) < 4.78 is 1.73. The fourth-order valence-electron chi connectivity index (χ4n) is 2.15. The van der Waals surface area contributed by atoms with Crippen LogP contribution in [0.5, 0.6) is 0 Å². The molecule has 0 saturated heterocycles.